The summed E-state index contributed by atoms with van der Waals surface area (Å²) in [7, 11) is -3.15. The smallest absolute Gasteiger partial charge is 0.252 e. The minimum absolute atomic E-state index is 0.0534. The normalized spacial score (nSPS) is 17.4. The number of aromatic nitrogens is 3. The summed E-state index contributed by atoms with van der Waals surface area (Å²) in [5, 5.41) is 14.5. The molecule has 0 bridgehead atoms. The van der Waals surface area contributed by atoms with E-state index in [9.17, 15) is 13.2 Å². The molecule has 24 heavy (non-hydrogen) atoms. The van der Waals surface area contributed by atoms with Crippen LogP contribution in [0.25, 0.3) is 0 Å². The Bertz CT molecular complexity index is 824. The second-order valence-electron chi connectivity index (χ2n) is 6.15. The third kappa shape index (κ3) is 4.00. The molecule has 1 amide bonds. The molecule has 2 heterocycles. The Hall–Kier alpha value is -1.78. The first-order valence-electron chi connectivity index (χ1n) is 7.49. The molecule has 1 aliphatic rings. The maximum Gasteiger partial charge on any atom is 0.252 e. The number of thiophene rings is 1. The lowest BCUT2D eigenvalue weighted by molar-refractivity contribution is 0.0935. The Kier molecular flexibility index (Phi) is 4.45. The van der Waals surface area contributed by atoms with Crippen molar-refractivity contribution >= 4 is 27.1 Å². The summed E-state index contributed by atoms with van der Waals surface area (Å²) in [5.41, 5.74) is 6.63. The molecule has 130 valence electrons. The van der Waals surface area contributed by atoms with Gasteiger partial charge in [-0.25, -0.2) is 13.1 Å². The number of carbonyl (C=O) groups excluding carboxylic acids is 1. The fourth-order valence-electron chi connectivity index (χ4n) is 2.27. The first-order valence-corrected chi connectivity index (χ1v) is 10.5. The maximum atomic E-state index is 12.3. The number of carbonyl (C=O) groups is 1. The highest BCUT2D eigenvalue weighted by atomic mass is 32.2. The lowest BCUT2D eigenvalue weighted by Gasteiger charge is -2.16. The number of nitrogens with one attached hydrogen (secondary N) is 1. The van der Waals surface area contributed by atoms with Crippen LogP contribution in [-0.4, -0.2) is 41.3 Å². The largest absolute Gasteiger partial charge is 0.343 e. The Morgan fingerprint density at radius 3 is 2.88 bits per heavy atom. The highest BCUT2D eigenvalue weighted by Gasteiger charge is 2.42. The van der Waals surface area contributed by atoms with Crippen LogP contribution in [0.15, 0.2) is 23.0 Å². The van der Waals surface area contributed by atoms with E-state index >= 15 is 0 Å². The molecule has 1 saturated carbocycles. The number of hydrogen-bond acceptors (Lipinski definition) is 7. The van der Waals surface area contributed by atoms with Crippen molar-refractivity contribution in [3.8, 4) is 0 Å². The fourth-order valence-corrected chi connectivity index (χ4v) is 3.57. The van der Waals surface area contributed by atoms with E-state index in [4.69, 9.17) is 5.73 Å². The van der Waals surface area contributed by atoms with E-state index in [1.54, 1.807) is 22.3 Å². The standard InChI is InChI=1S/C14H19N5O3S2/c1-24(21,22)7-3-11(16-13(20)10-2-6-23-9-10)12-8-19(18-17-12)14(15)4-5-14/h2,6,8-9,11H,3-5,7,15H2,1H3,(H,16,20)/t11-/m0/s1. The van der Waals surface area contributed by atoms with Gasteiger partial charge in [-0.3, -0.25) is 4.79 Å². The molecule has 2 aromatic heterocycles. The quantitative estimate of drug-likeness (QED) is 0.739. The van der Waals surface area contributed by atoms with Crippen LogP contribution in [0.1, 0.15) is 41.4 Å². The second kappa shape index (κ2) is 6.26. The Labute approximate surface area is 144 Å². The van der Waals surface area contributed by atoms with Gasteiger partial charge in [-0.15, -0.1) is 5.10 Å². The minimum Gasteiger partial charge on any atom is -0.343 e. The molecule has 0 unspecified atom stereocenters. The molecule has 10 heteroatoms. The van der Waals surface area contributed by atoms with Gasteiger partial charge in [-0.2, -0.15) is 11.3 Å². The van der Waals surface area contributed by atoms with Gasteiger partial charge in [0, 0.05) is 11.6 Å². The van der Waals surface area contributed by atoms with Crippen LogP contribution in [-0.2, 0) is 15.5 Å². The number of nitrogens with zero attached hydrogens (tertiary/aromatic N) is 3. The lowest BCUT2D eigenvalue weighted by Crippen LogP contribution is -2.30. The first-order chi connectivity index (χ1) is 11.3. The molecule has 3 N–H and O–H groups in total. The van der Waals surface area contributed by atoms with E-state index in [-0.39, 0.29) is 18.1 Å². The molecule has 1 atom stereocenters. The molecule has 3 rings (SSSR count). The zero-order valence-corrected chi connectivity index (χ0v) is 14.8. The van der Waals surface area contributed by atoms with E-state index in [0.717, 1.165) is 12.8 Å². The van der Waals surface area contributed by atoms with Crippen LogP contribution in [0, 0.1) is 0 Å². The van der Waals surface area contributed by atoms with Crippen LogP contribution in [0.5, 0.6) is 0 Å². The summed E-state index contributed by atoms with van der Waals surface area (Å²) in [6.07, 6.45) is 4.73. The van der Waals surface area contributed by atoms with Crippen molar-refractivity contribution in [3.63, 3.8) is 0 Å². The van der Waals surface area contributed by atoms with Gasteiger partial charge in [0.2, 0.25) is 0 Å². The Morgan fingerprint density at radius 1 is 1.54 bits per heavy atom. The molecule has 0 spiro atoms. The molecule has 0 aromatic carbocycles. The van der Waals surface area contributed by atoms with Crippen molar-refractivity contribution in [2.24, 2.45) is 5.73 Å². The minimum atomic E-state index is -3.15. The van der Waals surface area contributed by atoms with E-state index in [2.05, 4.69) is 15.6 Å². The van der Waals surface area contributed by atoms with Gasteiger partial charge in [-0.1, -0.05) is 5.21 Å². The Balaban J connectivity index is 1.78. The average Bonchev–Trinajstić information content (AvgIpc) is 3.00. The van der Waals surface area contributed by atoms with Crippen molar-refractivity contribution in [1.82, 2.24) is 20.3 Å². The van der Waals surface area contributed by atoms with Crippen molar-refractivity contribution < 1.29 is 13.2 Å². The summed E-state index contributed by atoms with van der Waals surface area (Å²) in [4.78, 5) is 12.3. The van der Waals surface area contributed by atoms with Crippen molar-refractivity contribution in [2.75, 3.05) is 12.0 Å². The van der Waals surface area contributed by atoms with Gasteiger partial charge in [0.1, 0.15) is 21.2 Å². The third-order valence-corrected chi connectivity index (χ3v) is 5.61. The highest BCUT2D eigenvalue weighted by molar-refractivity contribution is 7.90. The number of amides is 1. The van der Waals surface area contributed by atoms with Gasteiger partial charge in [0.25, 0.3) is 5.91 Å². The average molecular weight is 369 g/mol. The van der Waals surface area contributed by atoms with Gasteiger partial charge in [0.15, 0.2) is 0 Å². The highest BCUT2D eigenvalue weighted by Crippen LogP contribution is 2.37. The number of sulfone groups is 1. The van der Waals surface area contributed by atoms with Crippen LogP contribution in [0.3, 0.4) is 0 Å². The number of hydrogen-bond donors (Lipinski definition) is 2. The fraction of sp³-hybridized carbons (Fsp3) is 0.500. The van der Waals surface area contributed by atoms with Crippen molar-refractivity contribution in [2.45, 2.75) is 31.0 Å². The summed E-state index contributed by atoms with van der Waals surface area (Å²) in [6.45, 7) is 0. The van der Waals surface area contributed by atoms with Gasteiger partial charge >= 0.3 is 0 Å². The monoisotopic (exact) mass is 369 g/mol. The van der Waals surface area contributed by atoms with Gasteiger partial charge in [0.05, 0.1) is 23.6 Å². The zero-order chi connectivity index (χ0) is 17.4. The molecule has 0 saturated heterocycles. The topological polar surface area (TPSA) is 120 Å². The zero-order valence-electron chi connectivity index (χ0n) is 13.2. The van der Waals surface area contributed by atoms with Gasteiger partial charge < -0.3 is 11.1 Å². The van der Waals surface area contributed by atoms with E-state index < -0.39 is 21.5 Å². The van der Waals surface area contributed by atoms with Crippen LogP contribution < -0.4 is 11.1 Å². The van der Waals surface area contributed by atoms with E-state index in [1.807, 2.05) is 5.38 Å². The number of rotatable bonds is 7. The van der Waals surface area contributed by atoms with E-state index in [1.165, 1.54) is 17.6 Å². The summed E-state index contributed by atoms with van der Waals surface area (Å²) >= 11 is 1.42. The second-order valence-corrected chi connectivity index (χ2v) is 9.19. The lowest BCUT2D eigenvalue weighted by atomic mass is 10.1. The predicted molar refractivity (Wildman–Crippen MR) is 90.3 cm³/mol. The first kappa shape index (κ1) is 17.1. The molecule has 8 nitrogen and oxygen atoms in total. The van der Waals surface area contributed by atoms with Crippen molar-refractivity contribution in [1.29, 1.82) is 0 Å². The molecule has 2 aromatic rings. The molecule has 0 aliphatic heterocycles. The summed E-state index contributed by atoms with van der Waals surface area (Å²) in [5.74, 6) is -0.319. The van der Waals surface area contributed by atoms with Gasteiger partial charge in [-0.05, 0) is 30.7 Å². The molecule has 0 radical (unpaired) electrons. The third-order valence-electron chi connectivity index (χ3n) is 3.95. The molecular formula is C14H19N5O3S2. The molecule has 1 fully saturated rings. The Morgan fingerprint density at radius 2 is 2.29 bits per heavy atom. The SMILES string of the molecule is CS(=O)(=O)CC[C@H](NC(=O)c1ccsc1)c1cn(C2(N)CC2)nn1. The van der Waals surface area contributed by atoms with Crippen LogP contribution in [0.2, 0.25) is 0 Å². The van der Waals surface area contributed by atoms with Crippen LogP contribution >= 0.6 is 11.3 Å². The maximum absolute atomic E-state index is 12.3. The number of nitrogens with two attached hydrogens (primary N) is 1. The predicted octanol–water partition coefficient (Wildman–Crippen LogP) is 0.651. The van der Waals surface area contributed by atoms with Crippen molar-refractivity contribution in [3.05, 3.63) is 34.3 Å². The van der Waals surface area contributed by atoms with Crippen LogP contribution in [0.4, 0.5) is 0 Å². The molecular weight excluding hydrogens is 350 g/mol. The molecule has 1 aliphatic carbocycles. The summed E-state index contributed by atoms with van der Waals surface area (Å²) in [6, 6.07) is 1.17. The summed E-state index contributed by atoms with van der Waals surface area (Å²) < 4.78 is 24.6. The van der Waals surface area contributed by atoms with E-state index in [0.29, 0.717) is 11.3 Å².